The largest absolute Gasteiger partial charge is 0.368 e. The number of likely N-dealkylation sites (N-methyl/N-ethyl adjacent to an activating group) is 1. The number of nitrogens with one attached hydrogen (secondary N) is 1. The predicted octanol–water partition coefficient (Wildman–Crippen LogP) is 1.53. The van der Waals surface area contributed by atoms with E-state index < -0.39 is 0 Å². The molecule has 1 atom stereocenters. The van der Waals surface area contributed by atoms with E-state index in [1.165, 1.54) is 19.4 Å². The van der Waals surface area contributed by atoms with Gasteiger partial charge in [-0.15, -0.1) is 0 Å². The van der Waals surface area contributed by atoms with Gasteiger partial charge in [0.25, 0.3) is 0 Å². The summed E-state index contributed by atoms with van der Waals surface area (Å²) in [7, 11) is 2.18. The summed E-state index contributed by atoms with van der Waals surface area (Å²) >= 11 is 0. The van der Waals surface area contributed by atoms with Crippen molar-refractivity contribution >= 4 is 17.0 Å². The van der Waals surface area contributed by atoms with Crippen molar-refractivity contribution in [1.29, 1.82) is 0 Å². The number of likely N-dealkylation sites (tertiary alicyclic amines) is 1. The van der Waals surface area contributed by atoms with Crippen LogP contribution >= 0.6 is 0 Å². The van der Waals surface area contributed by atoms with Gasteiger partial charge in [-0.3, -0.25) is 4.98 Å². The highest BCUT2D eigenvalue weighted by atomic mass is 15.2. The van der Waals surface area contributed by atoms with Gasteiger partial charge in [-0.05, 0) is 38.6 Å². The summed E-state index contributed by atoms with van der Waals surface area (Å²) in [6.07, 6.45) is 5.91. The van der Waals surface area contributed by atoms with Gasteiger partial charge in [-0.1, -0.05) is 0 Å². The molecule has 1 saturated heterocycles. The Balaban J connectivity index is 1.71. The lowest BCUT2D eigenvalue weighted by Crippen LogP contribution is -2.31. The normalized spacial score (nSPS) is 20.4. The molecule has 1 aliphatic heterocycles. The van der Waals surface area contributed by atoms with Crippen molar-refractivity contribution in [2.75, 3.05) is 25.5 Å². The van der Waals surface area contributed by atoms with Gasteiger partial charge >= 0.3 is 0 Å². The first kappa shape index (κ1) is 11.3. The molecule has 0 radical (unpaired) electrons. The zero-order valence-electron chi connectivity index (χ0n) is 10.5. The molecule has 2 aromatic heterocycles. The van der Waals surface area contributed by atoms with Crippen LogP contribution in [0.25, 0.3) is 11.2 Å². The van der Waals surface area contributed by atoms with Crippen LogP contribution in [-0.2, 0) is 0 Å². The van der Waals surface area contributed by atoms with Crippen LogP contribution in [0.2, 0.25) is 0 Å². The third-order valence-electron chi connectivity index (χ3n) is 3.52. The van der Waals surface area contributed by atoms with Crippen LogP contribution in [0.1, 0.15) is 12.8 Å². The standard InChI is InChI=1S/C13H17N5/c1-18-8-2-3-10(18)9-16-12-5-4-11-13(17-12)15-7-6-14-11/h4-7,10H,2-3,8-9H2,1H3,(H,15,16,17). The maximum Gasteiger partial charge on any atom is 0.180 e. The van der Waals surface area contributed by atoms with Gasteiger partial charge in [0.05, 0.1) is 0 Å². The summed E-state index contributed by atoms with van der Waals surface area (Å²) in [6.45, 7) is 2.14. The second-order valence-corrected chi connectivity index (χ2v) is 4.75. The Morgan fingerprint density at radius 2 is 2.22 bits per heavy atom. The van der Waals surface area contributed by atoms with Crippen LogP contribution in [0, 0.1) is 0 Å². The zero-order chi connectivity index (χ0) is 12.4. The molecule has 5 nitrogen and oxygen atoms in total. The smallest absolute Gasteiger partial charge is 0.180 e. The van der Waals surface area contributed by atoms with Crippen molar-refractivity contribution in [3.05, 3.63) is 24.5 Å². The number of pyridine rings is 1. The topological polar surface area (TPSA) is 53.9 Å². The number of hydrogen-bond donors (Lipinski definition) is 1. The van der Waals surface area contributed by atoms with E-state index in [1.54, 1.807) is 12.4 Å². The van der Waals surface area contributed by atoms with Crippen molar-refractivity contribution in [1.82, 2.24) is 19.9 Å². The van der Waals surface area contributed by atoms with E-state index in [0.29, 0.717) is 11.7 Å². The molecular formula is C13H17N5. The van der Waals surface area contributed by atoms with E-state index in [0.717, 1.165) is 17.9 Å². The molecule has 18 heavy (non-hydrogen) atoms. The minimum Gasteiger partial charge on any atom is -0.368 e. The Morgan fingerprint density at radius 1 is 1.33 bits per heavy atom. The highest BCUT2D eigenvalue weighted by Gasteiger charge is 2.20. The maximum absolute atomic E-state index is 4.46. The molecular weight excluding hydrogens is 226 g/mol. The lowest BCUT2D eigenvalue weighted by molar-refractivity contribution is 0.322. The molecule has 1 fully saturated rings. The minimum absolute atomic E-state index is 0.615. The number of nitrogens with zero attached hydrogens (tertiary/aromatic N) is 4. The van der Waals surface area contributed by atoms with Gasteiger partial charge in [0.2, 0.25) is 0 Å². The highest BCUT2D eigenvalue weighted by Crippen LogP contribution is 2.16. The quantitative estimate of drug-likeness (QED) is 0.886. The fraction of sp³-hybridized carbons (Fsp3) is 0.462. The average molecular weight is 243 g/mol. The van der Waals surface area contributed by atoms with Crippen molar-refractivity contribution in [3.8, 4) is 0 Å². The average Bonchev–Trinajstić information content (AvgIpc) is 2.82. The van der Waals surface area contributed by atoms with E-state index >= 15 is 0 Å². The van der Waals surface area contributed by atoms with Crippen molar-refractivity contribution in [2.24, 2.45) is 0 Å². The summed E-state index contributed by atoms with van der Waals surface area (Å²) < 4.78 is 0. The molecule has 1 N–H and O–H groups in total. The van der Waals surface area contributed by atoms with E-state index in [2.05, 4.69) is 32.2 Å². The fourth-order valence-corrected chi connectivity index (χ4v) is 2.41. The van der Waals surface area contributed by atoms with Crippen LogP contribution in [0.4, 0.5) is 5.82 Å². The van der Waals surface area contributed by atoms with Crippen LogP contribution in [0.3, 0.4) is 0 Å². The molecule has 0 aliphatic carbocycles. The Labute approximate surface area is 106 Å². The highest BCUT2D eigenvalue weighted by molar-refractivity contribution is 5.71. The third kappa shape index (κ3) is 2.26. The van der Waals surface area contributed by atoms with E-state index in [1.807, 2.05) is 12.1 Å². The van der Waals surface area contributed by atoms with Crippen molar-refractivity contribution < 1.29 is 0 Å². The lowest BCUT2D eigenvalue weighted by Gasteiger charge is -2.19. The Morgan fingerprint density at radius 3 is 3.06 bits per heavy atom. The molecule has 0 spiro atoms. The predicted molar refractivity (Wildman–Crippen MR) is 71.5 cm³/mol. The molecule has 2 aromatic rings. The molecule has 0 amide bonds. The second kappa shape index (κ2) is 4.86. The van der Waals surface area contributed by atoms with Gasteiger partial charge in [-0.25, -0.2) is 9.97 Å². The van der Waals surface area contributed by atoms with Gasteiger partial charge in [0.1, 0.15) is 11.3 Å². The molecule has 1 unspecified atom stereocenters. The first-order valence-electron chi connectivity index (χ1n) is 6.35. The number of rotatable bonds is 3. The first-order valence-corrected chi connectivity index (χ1v) is 6.35. The number of fused-ring (bicyclic) bond motifs is 1. The molecule has 0 aromatic carbocycles. The summed E-state index contributed by atoms with van der Waals surface area (Å²) in [4.78, 5) is 15.3. The molecule has 0 saturated carbocycles. The minimum atomic E-state index is 0.615. The van der Waals surface area contributed by atoms with Gasteiger partial charge < -0.3 is 10.2 Å². The fourth-order valence-electron chi connectivity index (χ4n) is 2.41. The van der Waals surface area contributed by atoms with Gasteiger partial charge in [0, 0.05) is 25.0 Å². The van der Waals surface area contributed by atoms with E-state index in [-0.39, 0.29) is 0 Å². The Bertz CT molecular complexity index is 542. The van der Waals surface area contributed by atoms with Crippen molar-refractivity contribution in [2.45, 2.75) is 18.9 Å². The summed E-state index contributed by atoms with van der Waals surface area (Å²) in [5, 5.41) is 3.39. The maximum atomic E-state index is 4.46. The molecule has 3 rings (SSSR count). The van der Waals surface area contributed by atoms with Crippen LogP contribution in [0.15, 0.2) is 24.5 Å². The van der Waals surface area contributed by atoms with Crippen molar-refractivity contribution in [3.63, 3.8) is 0 Å². The second-order valence-electron chi connectivity index (χ2n) is 4.75. The lowest BCUT2D eigenvalue weighted by atomic mass is 10.2. The van der Waals surface area contributed by atoms with Crippen LogP contribution in [0.5, 0.6) is 0 Å². The summed E-state index contributed by atoms with van der Waals surface area (Å²) in [5.74, 6) is 0.878. The molecule has 3 heterocycles. The summed E-state index contributed by atoms with van der Waals surface area (Å²) in [5.41, 5.74) is 1.53. The molecule has 1 aliphatic rings. The first-order chi connectivity index (χ1) is 8.83. The van der Waals surface area contributed by atoms with Crippen LogP contribution in [-0.4, -0.2) is 46.0 Å². The zero-order valence-corrected chi connectivity index (χ0v) is 10.5. The molecule has 0 bridgehead atoms. The third-order valence-corrected chi connectivity index (χ3v) is 3.52. The summed E-state index contributed by atoms with van der Waals surface area (Å²) in [6, 6.07) is 4.53. The van der Waals surface area contributed by atoms with E-state index in [4.69, 9.17) is 0 Å². The number of aromatic nitrogens is 3. The monoisotopic (exact) mass is 243 g/mol. The number of anilines is 1. The SMILES string of the molecule is CN1CCCC1CNc1ccc2nccnc2n1. The van der Waals surface area contributed by atoms with E-state index in [9.17, 15) is 0 Å². The molecule has 5 heteroatoms. The Kier molecular flexibility index (Phi) is 3.06. The Hall–Kier alpha value is -1.75. The number of hydrogen-bond acceptors (Lipinski definition) is 5. The molecule has 94 valence electrons. The van der Waals surface area contributed by atoms with Gasteiger partial charge in [-0.2, -0.15) is 0 Å². The van der Waals surface area contributed by atoms with Gasteiger partial charge in [0.15, 0.2) is 5.65 Å². The van der Waals surface area contributed by atoms with Crippen LogP contribution < -0.4 is 5.32 Å².